The number of fused-ring (bicyclic) bond motifs is 1. The van der Waals surface area contributed by atoms with Crippen LogP contribution in [0, 0.1) is 0 Å². The molecule has 162 valence electrons. The first-order valence-corrected chi connectivity index (χ1v) is 12.8. The lowest BCUT2D eigenvalue weighted by atomic mass is 9.86. The minimum Gasteiger partial charge on any atom is -0.476 e. The number of carbonyl (C=O) groups excluding carboxylic acids is 1. The van der Waals surface area contributed by atoms with Crippen LogP contribution in [0.5, 0.6) is 5.75 Å². The summed E-state index contributed by atoms with van der Waals surface area (Å²) in [5.41, 5.74) is 1.25. The van der Waals surface area contributed by atoms with Crippen LogP contribution < -0.4 is 14.4 Å². The van der Waals surface area contributed by atoms with Gasteiger partial charge in [0.05, 0.1) is 18.5 Å². The first-order valence-electron chi connectivity index (χ1n) is 9.16. The van der Waals surface area contributed by atoms with Crippen molar-refractivity contribution >= 4 is 49.8 Å². The number of hydrogen-bond acceptors (Lipinski definition) is 8. The number of amides is 1. The Morgan fingerprint density at radius 2 is 2.17 bits per heavy atom. The molecule has 1 aromatic heterocycles. The zero-order valence-electron chi connectivity index (χ0n) is 17.2. The number of anilines is 2. The third kappa shape index (κ3) is 5.13. The van der Waals surface area contributed by atoms with Gasteiger partial charge in [0.25, 0.3) is 5.91 Å². The molecule has 30 heavy (non-hydrogen) atoms. The standard InChI is InChI=1S/C19H24N4O4S3/c1-6-9-28-18-22-21-17(29-18)20-16(24)15-11-23(30(5,25)26)13-10-12(19(2,3)4)7-8-14(13)27-15/h6-8,10,15H,1,9,11H2,2-5H3,(H,20,21,24). The molecule has 1 atom stereocenters. The Bertz CT molecular complexity index is 1060. The van der Waals surface area contributed by atoms with Gasteiger partial charge < -0.3 is 4.74 Å². The van der Waals surface area contributed by atoms with Crippen molar-refractivity contribution in [3.05, 3.63) is 36.4 Å². The molecule has 1 aliphatic rings. The van der Waals surface area contributed by atoms with E-state index >= 15 is 0 Å². The van der Waals surface area contributed by atoms with Crippen LogP contribution >= 0.6 is 23.1 Å². The molecule has 0 saturated carbocycles. The summed E-state index contributed by atoms with van der Waals surface area (Å²) in [6.45, 7) is 9.66. The zero-order valence-corrected chi connectivity index (χ0v) is 19.7. The van der Waals surface area contributed by atoms with Crippen molar-refractivity contribution in [2.24, 2.45) is 0 Å². The van der Waals surface area contributed by atoms with Gasteiger partial charge in [-0.05, 0) is 23.1 Å². The van der Waals surface area contributed by atoms with Crippen molar-refractivity contribution < 1.29 is 17.9 Å². The van der Waals surface area contributed by atoms with Gasteiger partial charge in [0.1, 0.15) is 5.75 Å². The summed E-state index contributed by atoms with van der Waals surface area (Å²) in [5, 5.41) is 10.9. The lowest BCUT2D eigenvalue weighted by Crippen LogP contribution is -2.48. The summed E-state index contributed by atoms with van der Waals surface area (Å²) >= 11 is 2.69. The molecule has 0 bridgehead atoms. The molecule has 2 heterocycles. The number of carbonyl (C=O) groups is 1. The van der Waals surface area contributed by atoms with E-state index in [1.807, 2.05) is 26.8 Å². The minimum absolute atomic E-state index is 0.123. The Morgan fingerprint density at radius 1 is 1.43 bits per heavy atom. The highest BCUT2D eigenvalue weighted by Gasteiger charge is 2.36. The van der Waals surface area contributed by atoms with E-state index in [9.17, 15) is 13.2 Å². The quantitative estimate of drug-likeness (QED) is 0.394. The molecule has 1 aliphatic heterocycles. The van der Waals surface area contributed by atoms with Crippen LogP contribution in [0.2, 0.25) is 0 Å². The fourth-order valence-corrected chi connectivity index (χ4v) is 5.23. The van der Waals surface area contributed by atoms with E-state index in [1.165, 1.54) is 27.4 Å². The lowest BCUT2D eigenvalue weighted by Gasteiger charge is -2.35. The molecular formula is C19H24N4O4S3. The van der Waals surface area contributed by atoms with Gasteiger partial charge in [0.15, 0.2) is 10.4 Å². The first-order chi connectivity index (χ1) is 14.0. The summed E-state index contributed by atoms with van der Waals surface area (Å²) in [6, 6.07) is 5.40. The van der Waals surface area contributed by atoms with Gasteiger partial charge >= 0.3 is 0 Å². The Labute approximate surface area is 184 Å². The number of ether oxygens (including phenoxy) is 1. The Balaban J connectivity index is 1.84. The lowest BCUT2D eigenvalue weighted by molar-refractivity contribution is -0.122. The van der Waals surface area contributed by atoms with E-state index in [0.29, 0.717) is 26.7 Å². The minimum atomic E-state index is -3.61. The van der Waals surface area contributed by atoms with Gasteiger partial charge in [-0.15, -0.1) is 16.8 Å². The highest BCUT2D eigenvalue weighted by atomic mass is 32.2. The third-order valence-electron chi connectivity index (χ3n) is 4.35. The summed E-state index contributed by atoms with van der Waals surface area (Å²) in [5.74, 6) is 0.551. The van der Waals surface area contributed by atoms with Crippen molar-refractivity contribution in [1.82, 2.24) is 10.2 Å². The second kappa shape index (κ2) is 8.56. The average Bonchev–Trinajstić information content (AvgIpc) is 3.10. The molecule has 0 radical (unpaired) electrons. The molecule has 0 saturated heterocycles. The largest absolute Gasteiger partial charge is 0.476 e. The molecule has 1 N–H and O–H groups in total. The molecule has 0 spiro atoms. The van der Waals surface area contributed by atoms with Crippen molar-refractivity contribution in [3.8, 4) is 5.75 Å². The van der Waals surface area contributed by atoms with Gasteiger partial charge in [-0.1, -0.05) is 56.0 Å². The molecule has 1 aromatic carbocycles. The van der Waals surface area contributed by atoms with Crippen molar-refractivity contribution in [2.75, 3.05) is 28.2 Å². The fourth-order valence-electron chi connectivity index (χ4n) is 2.80. The van der Waals surface area contributed by atoms with E-state index in [4.69, 9.17) is 4.74 Å². The van der Waals surface area contributed by atoms with E-state index in [0.717, 1.165) is 11.8 Å². The molecule has 11 heteroatoms. The van der Waals surface area contributed by atoms with Gasteiger partial charge in [-0.2, -0.15) is 0 Å². The predicted octanol–water partition coefficient (Wildman–Crippen LogP) is 3.28. The smallest absolute Gasteiger partial charge is 0.269 e. The van der Waals surface area contributed by atoms with E-state index in [1.54, 1.807) is 18.2 Å². The van der Waals surface area contributed by atoms with Crippen LogP contribution in [-0.4, -0.2) is 49.2 Å². The van der Waals surface area contributed by atoms with Crippen LogP contribution in [0.1, 0.15) is 26.3 Å². The molecule has 1 unspecified atom stereocenters. The maximum Gasteiger partial charge on any atom is 0.269 e. The predicted molar refractivity (Wildman–Crippen MR) is 121 cm³/mol. The van der Waals surface area contributed by atoms with Crippen molar-refractivity contribution in [2.45, 2.75) is 36.6 Å². The van der Waals surface area contributed by atoms with Gasteiger partial charge in [0.2, 0.25) is 15.2 Å². The molecule has 1 amide bonds. The molecule has 3 rings (SSSR count). The Hall–Kier alpha value is -2.11. The number of hydrogen-bond donors (Lipinski definition) is 1. The number of benzene rings is 1. The number of aromatic nitrogens is 2. The number of nitrogens with zero attached hydrogens (tertiary/aromatic N) is 3. The summed E-state index contributed by atoms with van der Waals surface area (Å²) < 4.78 is 32.7. The number of sulfonamides is 1. The van der Waals surface area contributed by atoms with Crippen molar-refractivity contribution in [3.63, 3.8) is 0 Å². The van der Waals surface area contributed by atoms with Crippen LogP contribution in [0.25, 0.3) is 0 Å². The zero-order chi connectivity index (χ0) is 22.1. The van der Waals surface area contributed by atoms with Crippen LogP contribution in [-0.2, 0) is 20.2 Å². The van der Waals surface area contributed by atoms with Gasteiger partial charge in [0, 0.05) is 5.75 Å². The highest BCUT2D eigenvalue weighted by Crippen LogP contribution is 2.38. The average molecular weight is 469 g/mol. The van der Waals surface area contributed by atoms with Gasteiger partial charge in [-0.3, -0.25) is 14.4 Å². The summed E-state index contributed by atoms with van der Waals surface area (Å²) in [7, 11) is -3.61. The molecule has 2 aromatic rings. The first kappa shape index (κ1) is 22.6. The van der Waals surface area contributed by atoms with Crippen molar-refractivity contribution in [1.29, 1.82) is 0 Å². The molecular weight excluding hydrogens is 444 g/mol. The Morgan fingerprint density at radius 3 is 2.80 bits per heavy atom. The maximum absolute atomic E-state index is 12.8. The maximum atomic E-state index is 12.8. The molecule has 8 nitrogen and oxygen atoms in total. The van der Waals surface area contributed by atoms with Gasteiger partial charge in [-0.25, -0.2) is 8.42 Å². The number of rotatable bonds is 6. The Kier molecular flexibility index (Phi) is 6.44. The van der Waals surface area contributed by atoms with E-state index in [2.05, 4.69) is 22.1 Å². The normalized spacial score (nSPS) is 16.5. The fraction of sp³-hybridized carbons (Fsp3) is 0.421. The SMILES string of the molecule is C=CCSc1nnc(NC(=O)C2CN(S(C)(=O)=O)c3cc(C(C)(C)C)ccc3O2)s1. The summed E-state index contributed by atoms with van der Waals surface area (Å²) in [6.07, 6.45) is 1.86. The molecule has 0 aliphatic carbocycles. The number of nitrogens with one attached hydrogen (secondary N) is 1. The third-order valence-corrected chi connectivity index (χ3v) is 7.46. The second-order valence-electron chi connectivity index (χ2n) is 7.80. The second-order valence-corrected chi connectivity index (χ2v) is 11.9. The van der Waals surface area contributed by atoms with Crippen LogP contribution in [0.15, 0.2) is 35.2 Å². The summed E-state index contributed by atoms with van der Waals surface area (Å²) in [4.78, 5) is 12.8. The van der Waals surface area contributed by atoms with Crippen LogP contribution in [0.3, 0.4) is 0 Å². The topological polar surface area (TPSA) is 101 Å². The monoisotopic (exact) mass is 468 g/mol. The highest BCUT2D eigenvalue weighted by molar-refractivity contribution is 8.01. The van der Waals surface area contributed by atoms with Crippen LogP contribution in [0.4, 0.5) is 10.8 Å². The number of thioether (sulfide) groups is 1. The molecule has 0 fully saturated rings. The van der Waals surface area contributed by atoms with E-state index < -0.39 is 22.0 Å². The van der Waals surface area contributed by atoms with E-state index in [-0.39, 0.29) is 12.0 Å².